The molecule has 11 heteroatoms. The van der Waals surface area contributed by atoms with Gasteiger partial charge in [-0.1, -0.05) is 4.49 Å². The average molecular weight is 380 g/mol. The van der Waals surface area contributed by atoms with Crippen LogP contribution in [0.3, 0.4) is 0 Å². The topological polar surface area (TPSA) is 119 Å². The highest BCUT2D eigenvalue weighted by Gasteiger charge is 2.26. The van der Waals surface area contributed by atoms with Gasteiger partial charge in [0.1, 0.15) is 4.88 Å². The number of benzene rings is 1. The number of hydrogen-bond donors (Lipinski definition) is 1. The van der Waals surface area contributed by atoms with Gasteiger partial charge >= 0.3 is 0 Å². The lowest BCUT2D eigenvalue weighted by molar-refractivity contribution is 0.0538. The van der Waals surface area contributed by atoms with Crippen LogP contribution < -0.4 is 4.72 Å². The van der Waals surface area contributed by atoms with Crippen LogP contribution in [0.2, 0.25) is 0 Å². The summed E-state index contributed by atoms with van der Waals surface area (Å²) in [4.78, 5) is 28.6. The molecule has 0 aliphatic carbocycles. The standard InChI is InChI=1S/C14H15N5O4S2/c20-13(10-1-3-11(4-2-10)16-25(22)23)18-5-7-19(8-6-18)14(21)12-9-15-17-24-12/h1-4,9,16H,5-8H2,(H,22,23)/p-1. The minimum atomic E-state index is -2.40. The lowest BCUT2D eigenvalue weighted by Crippen LogP contribution is -2.50. The number of carbonyl (C=O) groups excluding carboxylic acids is 2. The van der Waals surface area contributed by atoms with Gasteiger partial charge in [0.05, 0.1) is 6.20 Å². The Bertz CT molecular complexity index is 773. The van der Waals surface area contributed by atoms with Crippen LogP contribution in [0.15, 0.2) is 30.5 Å². The maximum Gasteiger partial charge on any atom is 0.267 e. The van der Waals surface area contributed by atoms with Crippen molar-refractivity contribution in [3.05, 3.63) is 40.9 Å². The second-order valence-corrected chi connectivity index (χ2v) is 6.74. The summed E-state index contributed by atoms with van der Waals surface area (Å²) in [6, 6.07) is 6.19. The monoisotopic (exact) mass is 380 g/mol. The molecular formula is C14H14N5O4S2-. The molecule has 2 heterocycles. The number of amides is 2. The summed E-state index contributed by atoms with van der Waals surface area (Å²) in [6.07, 6.45) is 1.44. The third-order valence-corrected chi connectivity index (χ3v) is 4.81. The number of piperazine rings is 1. The number of carbonyl (C=O) groups is 2. The molecule has 1 aromatic heterocycles. The van der Waals surface area contributed by atoms with E-state index < -0.39 is 11.3 Å². The smallest absolute Gasteiger partial charge is 0.267 e. The van der Waals surface area contributed by atoms with Crippen LogP contribution in [0.5, 0.6) is 0 Å². The van der Waals surface area contributed by atoms with Crippen molar-refractivity contribution in [2.45, 2.75) is 0 Å². The van der Waals surface area contributed by atoms with E-state index in [0.29, 0.717) is 42.3 Å². The molecule has 1 saturated heterocycles. The molecule has 1 N–H and O–H groups in total. The van der Waals surface area contributed by atoms with Gasteiger partial charge in [-0.05, 0) is 35.8 Å². The zero-order valence-electron chi connectivity index (χ0n) is 13.0. The molecule has 2 amide bonds. The zero-order valence-corrected chi connectivity index (χ0v) is 14.6. The summed E-state index contributed by atoms with van der Waals surface area (Å²) in [5, 5.41) is 3.66. The highest BCUT2D eigenvalue weighted by atomic mass is 32.2. The molecule has 1 atom stereocenters. The summed E-state index contributed by atoms with van der Waals surface area (Å²) in [5.41, 5.74) is 0.854. The molecule has 1 unspecified atom stereocenters. The summed E-state index contributed by atoms with van der Waals surface area (Å²) < 4.78 is 27.1. The first-order valence-corrected chi connectivity index (χ1v) is 9.21. The fourth-order valence-corrected chi connectivity index (χ4v) is 3.30. The number of rotatable bonds is 4. The molecule has 0 radical (unpaired) electrons. The average Bonchev–Trinajstić information content (AvgIpc) is 3.15. The Morgan fingerprint density at radius 3 is 2.20 bits per heavy atom. The molecule has 1 aliphatic heterocycles. The van der Waals surface area contributed by atoms with Gasteiger partial charge in [0.15, 0.2) is 0 Å². The Morgan fingerprint density at radius 1 is 1.08 bits per heavy atom. The van der Waals surface area contributed by atoms with Gasteiger partial charge in [-0.15, -0.1) is 5.10 Å². The number of nitrogens with zero attached hydrogens (tertiary/aromatic N) is 4. The van der Waals surface area contributed by atoms with E-state index in [0.717, 1.165) is 11.5 Å². The second kappa shape index (κ2) is 7.68. The van der Waals surface area contributed by atoms with E-state index in [9.17, 15) is 18.4 Å². The maximum absolute atomic E-state index is 12.5. The highest BCUT2D eigenvalue weighted by molar-refractivity contribution is 7.80. The number of nitrogens with one attached hydrogen (secondary N) is 1. The number of aromatic nitrogens is 2. The van der Waals surface area contributed by atoms with E-state index in [-0.39, 0.29) is 11.8 Å². The van der Waals surface area contributed by atoms with Crippen molar-refractivity contribution < 1.29 is 18.4 Å². The van der Waals surface area contributed by atoms with Gasteiger partial charge in [-0.3, -0.25) is 13.8 Å². The van der Waals surface area contributed by atoms with Crippen LogP contribution in [0.25, 0.3) is 0 Å². The molecule has 25 heavy (non-hydrogen) atoms. The van der Waals surface area contributed by atoms with Crippen LogP contribution >= 0.6 is 11.5 Å². The molecule has 9 nitrogen and oxygen atoms in total. The SMILES string of the molecule is O=C(c1ccc(NS(=O)[O-])cc1)N1CCN(C(=O)c2cnns2)CC1. The molecule has 1 aliphatic rings. The van der Waals surface area contributed by atoms with Crippen LogP contribution in [0.4, 0.5) is 5.69 Å². The summed E-state index contributed by atoms with van der Waals surface area (Å²) in [7, 11) is 0. The van der Waals surface area contributed by atoms with Crippen molar-refractivity contribution in [3.8, 4) is 0 Å². The van der Waals surface area contributed by atoms with Crippen molar-refractivity contribution in [3.63, 3.8) is 0 Å². The maximum atomic E-state index is 12.5. The lowest BCUT2D eigenvalue weighted by Gasteiger charge is -2.34. The van der Waals surface area contributed by atoms with Crippen molar-refractivity contribution in [1.29, 1.82) is 0 Å². The molecule has 1 fully saturated rings. The quantitative estimate of drug-likeness (QED) is 0.764. The zero-order chi connectivity index (χ0) is 17.8. The fraction of sp³-hybridized carbons (Fsp3) is 0.286. The largest absolute Gasteiger partial charge is 0.755 e. The first kappa shape index (κ1) is 17.5. The molecule has 1 aromatic carbocycles. The van der Waals surface area contributed by atoms with E-state index >= 15 is 0 Å². The molecule has 2 aromatic rings. The van der Waals surface area contributed by atoms with Gasteiger partial charge in [0.25, 0.3) is 11.8 Å². The minimum Gasteiger partial charge on any atom is -0.755 e. The Labute approximate surface area is 150 Å². The van der Waals surface area contributed by atoms with Crippen molar-refractivity contribution in [2.75, 3.05) is 30.9 Å². The van der Waals surface area contributed by atoms with Crippen molar-refractivity contribution in [2.24, 2.45) is 0 Å². The van der Waals surface area contributed by atoms with Gasteiger partial charge in [-0.25, -0.2) is 0 Å². The van der Waals surface area contributed by atoms with Crippen LogP contribution in [-0.4, -0.2) is 66.1 Å². The number of anilines is 1. The fourth-order valence-electron chi connectivity index (χ4n) is 2.49. The Kier molecular flexibility index (Phi) is 5.36. The summed E-state index contributed by atoms with van der Waals surface area (Å²) >= 11 is -1.35. The molecular weight excluding hydrogens is 366 g/mol. The minimum absolute atomic E-state index is 0.122. The predicted octanol–water partition coefficient (Wildman–Crippen LogP) is 0.342. The molecule has 132 valence electrons. The van der Waals surface area contributed by atoms with Gasteiger partial charge < -0.3 is 19.1 Å². The van der Waals surface area contributed by atoms with Crippen molar-refractivity contribution in [1.82, 2.24) is 19.4 Å². The Morgan fingerprint density at radius 2 is 1.68 bits per heavy atom. The summed E-state index contributed by atoms with van der Waals surface area (Å²) in [6.45, 7) is 1.75. The lowest BCUT2D eigenvalue weighted by atomic mass is 10.1. The van der Waals surface area contributed by atoms with Crippen LogP contribution in [-0.2, 0) is 11.3 Å². The number of hydrogen-bond acceptors (Lipinski definition) is 7. The molecule has 3 rings (SSSR count). The predicted molar refractivity (Wildman–Crippen MR) is 90.7 cm³/mol. The molecule has 0 bridgehead atoms. The Hall–Kier alpha value is -2.37. The molecule has 0 spiro atoms. The van der Waals surface area contributed by atoms with E-state index in [1.165, 1.54) is 18.3 Å². The van der Waals surface area contributed by atoms with Gasteiger partial charge in [-0.2, -0.15) is 0 Å². The van der Waals surface area contributed by atoms with Crippen molar-refractivity contribution >= 4 is 40.3 Å². The third-order valence-electron chi connectivity index (χ3n) is 3.76. The second-order valence-electron chi connectivity index (χ2n) is 5.28. The van der Waals surface area contributed by atoms with E-state index in [2.05, 4.69) is 14.3 Å². The Balaban J connectivity index is 1.58. The summed E-state index contributed by atoms with van der Waals surface area (Å²) in [5.74, 6) is -0.274. The first-order valence-electron chi connectivity index (χ1n) is 7.36. The van der Waals surface area contributed by atoms with Crippen LogP contribution in [0, 0.1) is 0 Å². The van der Waals surface area contributed by atoms with Crippen LogP contribution in [0.1, 0.15) is 20.0 Å². The van der Waals surface area contributed by atoms with E-state index in [4.69, 9.17) is 0 Å². The van der Waals surface area contributed by atoms with Gasteiger partial charge in [0.2, 0.25) is 0 Å². The highest BCUT2D eigenvalue weighted by Crippen LogP contribution is 2.15. The molecule has 0 saturated carbocycles. The van der Waals surface area contributed by atoms with E-state index in [1.807, 2.05) is 0 Å². The van der Waals surface area contributed by atoms with Gasteiger partial charge in [0, 0.05) is 48.7 Å². The normalized spacial score (nSPS) is 15.7. The third kappa shape index (κ3) is 4.18. The first-order chi connectivity index (χ1) is 12.0. The van der Waals surface area contributed by atoms with E-state index in [1.54, 1.807) is 21.9 Å².